The summed E-state index contributed by atoms with van der Waals surface area (Å²) >= 11 is 11.1. The van der Waals surface area contributed by atoms with E-state index in [1.165, 1.54) is 9.58 Å². The van der Waals surface area contributed by atoms with Crippen LogP contribution >= 0.6 is 38.9 Å². The minimum Gasteiger partial charge on any atom is -0.495 e. The van der Waals surface area contributed by atoms with E-state index >= 15 is 0 Å². The third kappa shape index (κ3) is 1.64. The number of thiophene rings is 1. The highest BCUT2D eigenvalue weighted by molar-refractivity contribution is 9.08. The highest BCUT2D eigenvalue weighted by atomic mass is 79.9. The first-order chi connectivity index (χ1) is 6.76. The van der Waals surface area contributed by atoms with Crippen LogP contribution in [-0.2, 0) is 5.33 Å². The molecular weight excluding hydrogens is 284 g/mol. The summed E-state index contributed by atoms with van der Waals surface area (Å²) in [5.74, 6) is 0.957. The number of benzene rings is 1. The van der Waals surface area contributed by atoms with E-state index in [2.05, 4.69) is 15.9 Å². The zero-order valence-corrected chi connectivity index (χ0v) is 10.7. The van der Waals surface area contributed by atoms with E-state index < -0.39 is 0 Å². The van der Waals surface area contributed by atoms with Crippen LogP contribution in [0.1, 0.15) is 4.88 Å². The lowest BCUT2D eigenvalue weighted by Gasteiger charge is -1.99. The lowest BCUT2D eigenvalue weighted by atomic mass is 10.2. The fourth-order valence-corrected chi connectivity index (χ4v) is 3.31. The number of alkyl halides is 1. The van der Waals surface area contributed by atoms with Crippen LogP contribution in [0, 0.1) is 0 Å². The van der Waals surface area contributed by atoms with E-state index in [9.17, 15) is 0 Å². The second-order valence-electron chi connectivity index (χ2n) is 2.83. The van der Waals surface area contributed by atoms with Crippen molar-refractivity contribution in [1.29, 1.82) is 0 Å². The number of hydrogen-bond donors (Lipinski definition) is 0. The monoisotopic (exact) mass is 290 g/mol. The molecular formula is C10H8BrClOS. The van der Waals surface area contributed by atoms with Crippen LogP contribution in [0.2, 0.25) is 5.02 Å². The standard InChI is InChI=1S/C10H8BrClOS/c1-13-10-7-3-2-6(12)4-8(7)14-9(10)5-11/h2-4H,5H2,1H3. The molecule has 0 radical (unpaired) electrons. The Morgan fingerprint density at radius 1 is 1.50 bits per heavy atom. The zero-order valence-electron chi connectivity index (χ0n) is 7.51. The molecule has 0 saturated carbocycles. The molecule has 0 unspecified atom stereocenters. The molecule has 0 saturated heterocycles. The van der Waals surface area contributed by atoms with Gasteiger partial charge < -0.3 is 4.74 Å². The maximum atomic E-state index is 5.92. The van der Waals surface area contributed by atoms with Crippen LogP contribution in [0.3, 0.4) is 0 Å². The molecule has 0 bridgehead atoms. The van der Waals surface area contributed by atoms with Crippen molar-refractivity contribution in [2.24, 2.45) is 0 Å². The van der Waals surface area contributed by atoms with Crippen molar-refractivity contribution in [2.45, 2.75) is 5.33 Å². The topological polar surface area (TPSA) is 9.23 Å². The highest BCUT2D eigenvalue weighted by Gasteiger charge is 2.11. The normalized spacial score (nSPS) is 10.8. The molecule has 0 aliphatic rings. The molecule has 74 valence electrons. The summed E-state index contributed by atoms with van der Waals surface area (Å²) in [4.78, 5) is 1.20. The van der Waals surface area contributed by atoms with Crippen molar-refractivity contribution < 1.29 is 4.74 Å². The molecule has 0 fully saturated rings. The molecule has 0 aliphatic carbocycles. The van der Waals surface area contributed by atoms with Crippen LogP contribution in [0.5, 0.6) is 5.75 Å². The number of hydrogen-bond acceptors (Lipinski definition) is 2. The lowest BCUT2D eigenvalue weighted by Crippen LogP contribution is -1.83. The van der Waals surface area contributed by atoms with Crippen LogP contribution in [0.25, 0.3) is 10.1 Å². The van der Waals surface area contributed by atoms with Crippen LogP contribution in [0.4, 0.5) is 0 Å². The van der Waals surface area contributed by atoms with E-state index in [1.54, 1.807) is 18.4 Å². The Kier molecular flexibility index (Phi) is 3.00. The Morgan fingerprint density at radius 3 is 2.93 bits per heavy atom. The Hall–Kier alpha value is -0.250. The average molecular weight is 292 g/mol. The quantitative estimate of drug-likeness (QED) is 0.742. The van der Waals surface area contributed by atoms with Gasteiger partial charge in [-0.05, 0) is 18.2 Å². The predicted octanol–water partition coefficient (Wildman–Crippen LogP) is 4.46. The Bertz CT molecular complexity index is 466. The third-order valence-electron chi connectivity index (χ3n) is 2.00. The van der Waals surface area contributed by atoms with Crippen molar-refractivity contribution in [1.82, 2.24) is 0 Å². The van der Waals surface area contributed by atoms with Crippen molar-refractivity contribution in [3.63, 3.8) is 0 Å². The van der Waals surface area contributed by atoms with Gasteiger partial charge in [0.2, 0.25) is 0 Å². The van der Waals surface area contributed by atoms with Crippen LogP contribution in [-0.4, -0.2) is 7.11 Å². The Balaban J connectivity index is 2.73. The Labute approximate surface area is 99.8 Å². The first kappa shape index (κ1) is 10.3. The fourth-order valence-electron chi connectivity index (χ4n) is 1.41. The average Bonchev–Trinajstić information content (AvgIpc) is 2.54. The molecule has 0 amide bonds. The van der Waals surface area contributed by atoms with Gasteiger partial charge in [-0.1, -0.05) is 27.5 Å². The molecule has 2 aromatic rings. The summed E-state index contributed by atoms with van der Waals surface area (Å²) in [6, 6.07) is 5.85. The molecule has 0 atom stereocenters. The second kappa shape index (κ2) is 4.09. The smallest absolute Gasteiger partial charge is 0.141 e. The Morgan fingerprint density at radius 2 is 2.29 bits per heavy atom. The summed E-state index contributed by atoms with van der Waals surface area (Å²) in [6.07, 6.45) is 0. The summed E-state index contributed by atoms with van der Waals surface area (Å²) in [5, 5.41) is 2.71. The SMILES string of the molecule is COc1c(CBr)sc2cc(Cl)ccc12. The van der Waals surface area contributed by atoms with Gasteiger partial charge in [0.05, 0.1) is 12.0 Å². The van der Waals surface area contributed by atoms with Gasteiger partial charge in [-0.15, -0.1) is 11.3 Å². The van der Waals surface area contributed by atoms with Crippen molar-refractivity contribution in [3.05, 3.63) is 28.1 Å². The van der Waals surface area contributed by atoms with Gasteiger partial charge in [0.15, 0.2) is 0 Å². The highest BCUT2D eigenvalue weighted by Crippen LogP contribution is 2.39. The van der Waals surface area contributed by atoms with Gasteiger partial charge in [-0.3, -0.25) is 0 Å². The van der Waals surface area contributed by atoms with E-state index in [4.69, 9.17) is 16.3 Å². The number of fused-ring (bicyclic) bond motifs is 1. The number of ether oxygens (including phenoxy) is 1. The molecule has 0 aliphatic heterocycles. The summed E-state index contributed by atoms with van der Waals surface area (Å²) in [7, 11) is 1.70. The molecule has 0 spiro atoms. The third-order valence-corrected chi connectivity index (χ3v) is 4.30. The number of halogens is 2. The van der Waals surface area contributed by atoms with Crippen molar-refractivity contribution in [2.75, 3.05) is 7.11 Å². The number of methoxy groups -OCH3 is 1. The first-order valence-electron chi connectivity index (χ1n) is 4.07. The van der Waals surface area contributed by atoms with E-state index in [0.717, 1.165) is 21.5 Å². The molecule has 14 heavy (non-hydrogen) atoms. The summed E-state index contributed by atoms with van der Waals surface area (Å²) in [6.45, 7) is 0. The first-order valence-corrected chi connectivity index (χ1v) is 6.38. The van der Waals surface area contributed by atoms with Crippen LogP contribution < -0.4 is 4.74 Å². The second-order valence-corrected chi connectivity index (χ2v) is 4.97. The molecule has 1 aromatic carbocycles. The lowest BCUT2D eigenvalue weighted by molar-refractivity contribution is 0.418. The van der Waals surface area contributed by atoms with Crippen LogP contribution in [0.15, 0.2) is 18.2 Å². The molecule has 4 heteroatoms. The molecule has 2 rings (SSSR count). The van der Waals surface area contributed by atoms with E-state index in [-0.39, 0.29) is 0 Å². The minimum absolute atomic E-state index is 0.766. The summed E-state index contributed by atoms with van der Waals surface area (Å²) < 4.78 is 6.54. The van der Waals surface area contributed by atoms with Gasteiger partial charge in [-0.2, -0.15) is 0 Å². The van der Waals surface area contributed by atoms with Gasteiger partial charge >= 0.3 is 0 Å². The molecule has 0 N–H and O–H groups in total. The zero-order chi connectivity index (χ0) is 10.1. The molecule has 1 nitrogen and oxygen atoms in total. The minimum atomic E-state index is 0.766. The number of rotatable bonds is 2. The van der Waals surface area contributed by atoms with Crippen molar-refractivity contribution in [3.8, 4) is 5.75 Å². The van der Waals surface area contributed by atoms with E-state index in [0.29, 0.717) is 0 Å². The van der Waals surface area contributed by atoms with Gasteiger partial charge in [0, 0.05) is 20.4 Å². The maximum absolute atomic E-state index is 5.92. The largest absolute Gasteiger partial charge is 0.495 e. The summed E-state index contributed by atoms with van der Waals surface area (Å²) in [5.41, 5.74) is 0. The fraction of sp³-hybridized carbons (Fsp3) is 0.200. The van der Waals surface area contributed by atoms with Gasteiger partial charge in [0.1, 0.15) is 5.75 Å². The molecule has 1 heterocycles. The maximum Gasteiger partial charge on any atom is 0.141 e. The predicted molar refractivity (Wildman–Crippen MR) is 66.0 cm³/mol. The van der Waals surface area contributed by atoms with E-state index in [1.807, 2.05) is 18.2 Å². The molecule has 1 aromatic heterocycles. The van der Waals surface area contributed by atoms with Gasteiger partial charge in [0.25, 0.3) is 0 Å². The van der Waals surface area contributed by atoms with Gasteiger partial charge in [-0.25, -0.2) is 0 Å². The van der Waals surface area contributed by atoms with Crippen molar-refractivity contribution >= 4 is 49.0 Å².